The number of rotatable bonds is 5. The summed E-state index contributed by atoms with van der Waals surface area (Å²) in [6, 6.07) is 9.35. The quantitative estimate of drug-likeness (QED) is 0.283. The summed E-state index contributed by atoms with van der Waals surface area (Å²) in [4.78, 5) is 17.0. The number of nitrogens with zero attached hydrogens (tertiary/aromatic N) is 2. The van der Waals surface area contributed by atoms with Crippen LogP contribution in [-0.4, -0.2) is 44.4 Å². The summed E-state index contributed by atoms with van der Waals surface area (Å²) in [6.45, 7) is 1.48. The number of hydrogen-bond donors (Lipinski definition) is 1. The molecule has 3 fully saturated rings. The molecule has 1 aliphatic carbocycles. The fourth-order valence-electron chi connectivity index (χ4n) is 5.18. The van der Waals surface area contributed by atoms with E-state index in [1.165, 1.54) is 29.9 Å². The molecule has 37 heavy (non-hydrogen) atoms. The molecule has 1 spiro atoms. The molecule has 5 nitrogen and oxygen atoms in total. The normalized spacial score (nSPS) is 20.6. The van der Waals surface area contributed by atoms with Crippen LogP contribution in [0.2, 0.25) is 0 Å². The second-order valence-corrected chi connectivity index (χ2v) is 11.4. The van der Waals surface area contributed by atoms with Gasteiger partial charge in [-0.2, -0.15) is 0 Å². The smallest absolute Gasteiger partial charge is 0.404 e. The van der Waals surface area contributed by atoms with E-state index in [0.717, 1.165) is 41.3 Å². The van der Waals surface area contributed by atoms with Gasteiger partial charge in [-0.05, 0) is 90.1 Å². The van der Waals surface area contributed by atoms with Gasteiger partial charge in [-0.3, -0.25) is 4.79 Å². The second-order valence-electron chi connectivity index (χ2n) is 10.2. The highest BCUT2D eigenvalue weighted by Gasteiger charge is 2.44. The fraction of sp³-hybridized carbons (Fsp3) is 0.500. The van der Waals surface area contributed by atoms with Crippen molar-refractivity contribution in [3.05, 3.63) is 45.5 Å². The third kappa shape index (κ3) is 6.23. The number of carbonyl (C=O) groups excluding carboxylic acids is 1. The SMILES string of the molecule is O=C(Nc1ccc(OC(F)(F)F)c(N2CCC(F)(F)CC2)c1)c1ccc(I)cc1N1CCC2(CC1)CC2. The van der Waals surface area contributed by atoms with Gasteiger partial charge in [-0.15, -0.1) is 13.2 Å². The van der Waals surface area contributed by atoms with Crippen LogP contribution in [0.15, 0.2) is 36.4 Å². The van der Waals surface area contributed by atoms with Gasteiger partial charge in [0.05, 0.1) is 16.9 Å². The van der Waals surface area contributed by atoms with Gasteiger partial charge >= 0.3 is 6.36 Å². The summed E-state index contributed by atoms with van der Waals surface area (Å²) >= 11 is 2.21. The number of piperidine rings is 2. The first-order valence-corrected chi connectivity index (χ1v) is 13.4. The number of amides is 1. The molecule has 1 amide bonds. The maximum atomic E-state index is 13.7. The van der Waals surface area contributed by atoms with Crippen molar-refractivity contribution >= 4 is 45.6 Å². The molecular formula is C26H27F5IN3O2. The van der Waals surface area contributed by atoms with Gasteiger partial charge < -0.3 is 19.9 Å². The molecule has 0 aromatic heterocycles. The van der Waals surface area contributed by atoms with Gasteiger partial charge in [-0.25, -0.2) is 8.78 Å². The van der Waals surface area contributed by atoms with E-state index >= 15 is 0 Å². The van der Waals surface area contributed by atoms with E-state index in [1.54, 1.807) is 6.07 Å². The van der Waals surface area contributed by atoms with Crippen LogP contribution >= 0.6 is 22.6 Å². The average Bonchev–Trinajstić information content (AvgIpc) is 3.58. The number of nitrogens with one attached hydrogen (secondary N) is 1. The zero-order chi connectivity index (χ0) is 26.4. The molecular weight excluding hydrogens is 608 g/mol. The number of halogens is 6. The molecule has 1 saturated carbocycles. The van der Waals surface area contributed by atoms with Gasteiger partial charge in [-0.1, -0.05) is 0 Å². The maximum Gasteiger partial charge on any atom is 0.573 e. The highest BCUT2D eigenvalue weighted by atomic mass is 127. The first kappa shape index (κ1) is 26.3. The Morgan fingerprint density at radius 1 is 0.865 bits per heavy atom. The lowest BCUT2D eigenvalue weighted by atomic mass is 9.93. The number of hydrogen-bond acceptors (Lipinski definition) is 4. The number of ether oxygens (including phenoxy) is 1. The minimum absolute atomic E-state index is 0.0132. The van der Waals surface area contributed by atoms with Crippen molar-refractivity contribution in [2.24, 2.45) is 5.41 Å². The monoisotopic (exact) mass is 635 g/mol. The maximum absolute atomic E-state index is 13.7. The van der Waals surface area contributed by atoms with E-state index in [2.05, 4.69) is 37.5 Å². The number of carbonyl (C=O) groups is 1. The number of alkyl halides is 5. The van der Waals surface area contributed by atoms with Gasteiger partial charge in [0.2, 0.25) is 0 Å². The first-order valence-electron chi connectivity index (χ1n) is 12.3. The summed E-state index contributed by atoms with van der Waals surface area (Å²) in [6.07, 6.45) is -1.16. The standard InChI is InChI=1S/C26H27F5IN3O2/c27-25(28)9-13-35(14-10-25)21-16-18(2-4-22(21)37-26(29,30)31)33-23(36)19-3-1-17(32)15-20(19)34-11-7-24(5-6-24)8-12-34/h1-4,15-16H,5-14H2,(H,33,36). The summed E-state index contributed by atoms with van der Waals surface area (Å²) < 4.78 is 71.5. The summed E-state index contributed by atoms with van der Waals surface area (Å²) in [5, 5.41) is 2.79. The topological polar surface area (TPSA) is 44.8 Å². The second kappa shape index (κ2) is 9.77. The van der Waals surface area contributed by atoms with E-state index in [-0.39, 0.29) is 24.5 Å². The van der Waals surface area contributed by atoms with Gasteiger partial charge in [0.15, 0.2) is 5.75 Å². The number of anilines is 3. The Morgan fingerprint density at radius 3 is 2.11 bits per heavy atom. The molecule has 2 aromatic carbocycles. The van der Waals surface area contributed by atoms with E-state index < -0.39 is 36.8 Å². The Labute approximate surface area is 225 Å². The minimum Gasteiger partial charge on any atom is -0.404 e. The summed E-state index contributed by atoms with van der Waals surface area (Å²) in [7, 11) is 0. The third-order valence-electron chi connectivity index (χ3n) is 7.60. The van der Waals surface area contributed by atoms with E-state index in [1.807, 2.05) is 12.1 Å². The van der Waals surface area contributed by atoms with Crippen LogP contribution in [0, 0.1) is 8.99 Å². The molecule has 0 unspecified atom stereocenters. The van der Waals surface area contributed by atoms with Crippen LogP contribution in [0.25, 0.3) is 0 Å². The van der Waals surface area contributed by atoms with Crippen molar-refractivity contribution in [1.82, 2.24) is 0 Å². The molecule has 11 heteroatoms. The number of benzene rings is 2. The largest absolute Gasteiger partial charge is 0.573 e. The molecule has 3 aliphatic rings. The molecule has 200 valence electrons. The van der Waals surface area contributed by atoms with Crippen LogP contribution in [0.5, 0.6) is 5.75 Å². The van der Waals surface area contributed by atoms with Gasteiger partial charge in [0.1, 0.15) is 0 Å². The highest BCUT2D eigenvalue weighted by Crippen LogP contribution is 2.54. The lowest BCUT2D eigenvalue weighted by Gasteiger charge is -2.35. The predicted octanol–water partition coefficient (Wildman–Crippen LogP) is 7.06. The van der Waals surface area contributed by atoms with Crippen LogP contribution in [0.3, 0.4) is 0 Å². The Balaban J connectivity index is 1.38. The van der Waals surface area contributed by atoms with Gasteiger partial charge in [0, 0.05) is 48.3 Å². The van der Waals surface area contributed by atoms with Crippen molar-refractivity contribution in [3.8, 4) is 5.75 Å². The Kier molecular flexibility index (Phi) is 6.95. The molecule has 2 heterocycles. The Bertz CT molecular complexity index is 1170. The fourth-order valence-corrected chi connectivity index (χ4v) is 5.66. The zero-order valence-corrected chi connectivity index (χ0v) is 22.2. The molecule has 2 aromatic rings. The molecule has 0 radical (unpaired) electrons. The molecule has 1 N–H and O–H groups in total. The summed E-state index contributed by atoms with van der Waals surface area (Å²) in [5.41, 5.74) is 2.05. The van der Waals surface area contributed by atoms with E-state index in [9.17, 15) is 26.7 Å². The van der Waals surface area contributed by atoms with Crippen LogP contribution in [-0.2, 0) is 0 Å². The van der Waals surface area contributed by atoms with Crippen molar-refractivity contribution in [3.63, 3.8) is 0 Å². The van der Waals surface area contributed by atoms with Crippen molar-refractivity contribution in [1.29, 1.82) is 0 Å². The van der Waals surface area contributed by atoms with Crippen molar-refractivity contribution in [2.45, 2.75) is 50.8 Å². The molecule has 2 saturated heterocycles. The highest BCUT2D eigenvalue weighted by molar-refractivity contribution is 14.1. The lowest BCUT2D eigenvalue weighted by Crippen LogP contribution is -2.39. The third-order valence-corrected chi connectivity index (χ3v) is 8.28. The van der Waals surface area contributed by atoms with Crippen LogP contribution < -0.4 is 19.9 Å². The van der Waals surface area contributed by atoms with Crippen LogP contribution in [0.4, 0.5) is 39.0 Å². The summed E-state index contributed by atoms with van der Waals surface area (Å²) in [5.74, 6) is -3.74. The van der Waals surface area contributed by atoms with Crippen LogP contribution in [0.1, 0.15) is 48.9 Å². The lowest BCUT2D eigenvalue weighted by molar-refractivity contribution is -0.274. The molecule has 2 aliphatic heterocycles. The Hall–Kier alpha value is -2.31. The molecule has 0 bridgehead atoms. The van der Waals surface area contributed by atoms with E-state index in [0.29, 0.717) is 11.0 Å². The molecule has 5 rings (SSSR count). The molecule has 0 atom stereocenters. The first-order chi connectivity index (χ1) is 17.4. The van der Waals surface area contributed by atoms with Crippen molar-refractivity contribution in [2.75, 3.05) is 41.3 Å². The van der Waals surface area contributed by atoms with Crippen molar-refractivity contribution < 1.29 is 31.5 Å². The van der Waals surface area contributed by atoms with Gasteiger partial charge in [0.25, 0.3) is 11.8 Å². The van der Waals surface area contributed by atoms with E-state index in [4.69, 9.17) is 0 Å². The predicted molar refractivity (Wildman–Crippen MR) is 140 cm³/mol. The minimum atomic E-state index is -4.94. The zero-order valence-electron chi connectivity index (χ0n) is 20.0. The Morgan fingerprint density at radius 2 is 1.49 bits per heavy atom. The average molecular weight is 635 g/mol.